The predicted molar refractivity (Wildman–Crippen MR) is 119 cm³/mol. The van der Waals surface area contributed by atoms with Crippen molar-refractivity contribution in [2.45, 2.75) is 32.3 Å². The fourth-order valence-corrected chi connectivity index (χ4v) is 2.91. The molecule has 0 fully saturated rings. The summed E-state index contributed by atoms with van der Waals surface area (Å²) in [5, 5.41) is 20.2. The van der Waals surface area contributed by atoms with Crippen LogP contribution in [0.15, 0.2) is 60.7 Å². The van der Waals surface area contributed by atoms with Crippen molar-refractivity contribution in [2.75, 3.05) is 18.5 Å². The molecule has 0 aliphatic carbocycles. The number of hydrogen-bond acceptors (Lipinski definition) is 6. The van der Waals surface area contributed by atoms with Gasteiger partial charge in [-0.25, -0.2) is 9.59 Å². The Balaban J connectivity index is 2.04. The number of ketones is 1. The summed E-state index contributed by atoms with van der Waals surface area (Å²) in [5.74, 6) is -0.491. The smallest absolute Gasteiger partial charge is 0.412 e. The highest BCUT2D eigenvalue weighted by Gasteiger charge is 2.17. The first-order valence-corrected chi connectivity index (χ1v) is 10.2. The van der Waals surface area contributed by atoms with Gasteiger partial charge in [0, 0.05) is 17.3 Å². The van der Waals surface area contributed by atoms with Crippen LogP contribution >= 0.6 is 0 Å². The predicted octanol–water partition coefficient (Wildman–Crippen LogP) is 4.36. The Morgan fingerprint density at radius 3 is 2.34 bits per heavy atom. The molecule has 2 rings (SSSR count). The molecule has 170 valence electrons. The molecule has 0 radical (unpaired) electrons. The second kappa shape index (κ2) is 12.9. The van der Waals surface area contributed by atoms with Gasteiger partial charge in [-0.1, -0.05) is 18.2 Å². The number of aliphatic carboxylic acids is 1. The number of carbonyl (C=O) groups excluding carboxylic acids is 2. The number of rotatable bonds is 12. The average Bonchev–Trinajstić information content (AvgIpc) is 2.77. The SMILES string of the molecule is CC(=O)c1ccc(NC(=O)O[C@H](CCC/C=C/C(=O)O)c2ccc(OCCO)cc2)cc1. The van der Waals surface area contributed by atoms with E-state index in [1.54, 1.807) is 54.6 Å². The molecule has 0 aliphatic heterocycles. The third-order valence-electron chi connectivity index (χ3n) is 4.50. The first kappa shape index (κ1) is 24.6. The third kappa shape index (κ3) is 8.61. The van der Waals surface area contributed by atoms with Crippen molar-refractivity contribution in [3.05, 3.63) is 71.8 Å². The zero-order chi connectivity index (χ0) is 23.3. The van der Waals surface area contributed by atoms with Gasteiger partial charge < -0.3 is 19.7 Å². The Hall–Kier alpha value is -3.65. The topological polar surface area (TPSA) is 122 Å². The van der Waals surface area contributed by atoms with Crippen molar-refractivity contribution < 1.29 is 34.1 Å². The minimum Gasteiger partial charge on any atom is -0.491 e. The number of nitrogens with one attached hydrogen (secondary N) is 1. The Labute approximate surface area is 186 Å². The summed E-state index contributed by atoms with van der Waals surface area (Å²) < 4.78 is 11.0. The van der Waals surface area contributed by atoms with Crippen molar-refractivity contribution in [3.8, 4) is 5.75 Å². The standard InChI is InChI=1S/C24H27NO7/c1-17(27)18-7-11-20(12-8-18)25-24(30)32-22(5-3-2-4-6-23(28)29)19-9-13-21(14-10-19)31-16-15-26/h4,6-14,22,26H,2-3,5,15-16H2,1H3,(H,25,30)(H,28,29)/b6-4+/t22-/m1/s1. The Kier molecular flexibility index (Phi) is 9.93. The molecular formula is C24H27NO7. The van der Waals surface area contributed by atoms with Gasteiger partial charge in [0.1, 0.15) is 18.5 Å². The van der Waals surface area contributed by atoms with Gasteiger partial charge in [0.15, 0.2) is 5.78 Å². The number of carboxylic acids is 1. The molecule has 8 heteroatoms. The second-order valence-corrected chi connectivity index (χ2v) is 6.97. The Morgan fingerprint density at radius 1 is 1.06 bits per heavy atom. The van der Waals surface area contributed by atoms with Gasteiger partial charge in [0.05, 0.1) is 6.61 Å². The lowest BCUT2D eigenvalue weighted by Crippen LogP contribution is -2.17. The fourth-order valence-electron chi connectivity index (χ4n) is 2.91. The zero-order valence-electron chi connectivity index (χ0n) is 17.8. The summed E-state index contributed by atoms with van der Waals surface area (Å²) in [6.07, 6.45) is 3.05. The highest BCUT2D eigenvalue weighted by atomic mass is 16.6. The maximum Gasteiger partial charge on any atom is 0.412 e. The van der Waals surface area contributed by atoms with Gasteiger partial charge in [-0.3, -0.25) is 10.1 Å². The molecule has 0 aliphatic rings. The monoisotopic (exact) mass is 441 g/mol. The molecule has 0 bridgehead atoms. The number of aliphatic hydroxyl groups excluding tert-OH is 1. The molecule has 0 spiro atoms. The highest BCUT2D eigenvalue weighted by molar-refractivity contribution is 5.95. The van der Waals surface area contributed by atoms with E-state index in [1.165, 1.54) is 6.92 Å². The number of unbranched alkanes of at least 4 members (excludes halogenated alkanes) is 1. The number of ether oxygens (including phenoxy) is 2. The van der Waals surface area contributed by atoms with E-state index in [0.717, 1.165) is 11.6 Å². The Morgan fingerprint density at radius 2 is 1.75 bits per heavy atom. The summed E-state index contributed by atoms with van der Waals surface area (Å²) in [5.41, 5.74) is 1.79. The first-order chi connectivity index (χ1) is 15.4. The van der Waals surface area contributed by atoms with Crippen molar-refractivity contribution in [1.82, 2.24) is 0 Å². The van der Waals surface area contributed by atoms with Crippen LogP contribution in [0.4, 0.5) is 10.5 Å². The van der Waals surface area contributed by atoms with E-state index in [1.807, 2.05) is 0 Å². The Bertz CT molecular complexity index is 920. The van der Waals surface area contributed by atoms with Crippen LogP contribution in [0, 0.1) is 0 Å². The van der Waals surface area contributed by atoms with E-state index >= 15 is 0 Å². The second-order valence-electron chi connectivity index (χ2n) is 6.97. The molecule has 3 N–H and O–H groups in total. The van der Waals surface area contributed by atoms with Crippen LogP contribution in [0.2, 0.25) is 0 Å². The van der Waals surface area contributed by atoms with Crippen LogP contribution in [0.25, 0.3) is 0 Å². The van der Waals surface area contributed by atoms with E-state index in [0.29, 0.717) is 36.3 Å². The summed E-state index contributed by atoms with van der Waals surface area (Å²) in [7, 11) is 0. The van der Waals surface area contributed by atoms with Crippen LogP contribution in [-0.4, -0.2) is 41.3 Å². The fraction of sp³-hybridized carbons (Fsp3) is 0.292. The lowest BCUT2D eigenvalue weighted by atomic mass is 10.0. The number of aliphatic hydroxyl groups is 1. The normalized spacial score (nSPS) is 11.7. The summed E-state index contributed by atoms with van der Waals surface area (Å²) in [6, 6.07) is 13.5. The lowest BCUT2D eigenvalue weighted by Gasteiger charge is -2.19. The van der Waals surface area contributed by atoms with Crippen LogP contribution in [0.1, 0.15) is 48.2 Å². The molecule has 2 aromatic rings. The van der Waals surface area contributed by atoms with E-state index in [-0.39, 0.29) is 19.0 Å². The maximum atomic E-state index is 12.5. The van der Waals surface area contributed by atoms with Crippen LogP contribution < -0.4 is 10.1 Å². The van der Waals surface area contributed by atoms with Gasteiger partial charge in [0.25, 0.3) is 0 Å². The van der Waals surface area contributed by atoms with Crippen molar-refractivity contribution in [1.29, 1.82) is 0 Å². The molecule has 2 aromatic carbocycles. The van der Waals surface area contributed by atoms with Gasteiger partial charge >= 0.3 is 12.1 Å². The highest BCUT2D eigenvalue weighted by Crippen LogP contribution is 2.26. The quantitative estimate of drug-likeness (QED) is 0.254. The van der Waals surface area contributed by atoms with E-state index < -0.39 is 18.2 Å². The number of allylic oxidation sites excluding steroid dienone is 1. The van der Waals surface area contributed by atoms with Crippen LogP contribution in [0.5, 0.6) is 5.75 Å². The molecule has 0 unspecified atom stereocenters. The molecule has 0 saturated heterocycles. The molecule has 0 aromatic heterocycles. The molecule has 8 nitrogen and oxygen atoms in total. The number of amides is 1. The molecule has 0 saturated carbocycles. The van der Waals surface area contributed by atoms with Crippen molar-refractivity contribution in [2.24, 2.45) is 0 Å². The first-order valence-electron chi connectivity index (χ1n) is 10.2. The van der Waals surface area contributed by atoms with Gasteiger partial charge in [0.2, 0.25) is 0 Å². The minimum absolute atomic E-state index is 0.0671. The van der Waals surface area contributed by atoms with Crippen LogP contribution in [0.3, 0.4) is 0 Å². The van der Waals surface area contributed by atoms with Gasteiger partial charge in [-0.2, -0.15) is 0 Å². The number of hydrogen-bond donors (Lipinski definition) is 3. The molecule has 32 heavy (non-hydrogen) atoms. The molecule has 1 amide bonds. The largest absolute Gasteiger partial charge is 0.491 e. The van der Waals surface area contributed by atoms with Gasteiger partial charge in [-0.15, -0.1) is 0 Å². The third-order valence-corrected chi connectivity index (χ3v) is 4.50. The van der Waals surface area contributed by atoms with E-state index in [2.05, 4.69) is 5.32 Å². The van der Waals surface area contributed by atoms with Crippen molar-refractivity contribution in [3.63, 3.8) is 0 Å². The number of benzene rings is 2. The van der Waals surface area contributed by atoms with E-state index in [4.69, 9.17) is 19.7 Å². The lowest BCUT2D eigenvalue weighted by molar-refractivity contribution is -0.131. The number of carbonyl (C=O) groups is 3. The average molecular weight is 441 g/mol. The van der Waals surface area contributed by atoms with Crippen molar-refractivity contribution >= 4 is 23.5 Å². The summed E-state index contributed by atoms with van der Waals surface area (Å²) in [4.78, 5) is 34.4. The molecular weight excluding hydrogens is 414 g/mol. The van der Waals surface area contributed by atoms with Gasteiger partial charge in [-0.05, 0) is 68.1 Å². The number of anilines is 1. The number of carboxylic acid groups (broad SMARTS) is 1. The molecule has 0 heterocycles. The zero-order valence-corrected chi connectivity index (χ0v) is 17.8. The molecule has 1 atom stereocenters. The van der Waals surface area contributed by atoms with Crippen LogP contribution in [-0.2, 0) is 9.53 Å². The summed E-state index contributed by atoms with van der Waals surface area (Å²) >= 11 is 0. The maximum absolute atomic E-state index is 12.5. The summed E-state index contributed by atoms with van der Waals surface area (Å²) in [6.45, 7) is 1.55. The minimum atomic E-state index is -1.01. The van der Waals surface area contributed by atoms with E-state index in [9.17, 15) is 14.4 Å². The number of Topliss-reactive ketones (excluding diaryl/α,β-unsaturated/α-hetero) is 1.